The van der Waals surface area contributed by atoms with Gasteiger partial charge in [-0.15, -0.1) is 11.3 Å². The second-order valence-corrected chi connectivity index (χ2v) is 6.56. The average molecular weight is 267 g/mol. The first-order valence-corrected chi connectivity index (χ1v) is 7.90. The normalized spacial score (nSPS) is 23.4. The van der Waals surface area contributed by atoms with Crippen LogP contribution in [0, 0.1) is 5.92 Å². The Bertz CT molecular complexity index is 337. The molecular weight excluding hydrogens is 242 g/mol. The fourth-order valence-corrected chi connectivity index (χ4v) is 3.34. The van der Waals surface area contributed by atoms with E-state index in [1.165, 1.54) is 30.8 Å². The van der Waals surface area contributed by atoms with Gasteiger partial charge in [0.25, 0.3) is 0 Å². The van der Waals surface area contributed by atoms with E-state index in [2.05, 4.69) is 36.0 Å². The van der Waals surface area contributed by atoms with Gasteiger partial charge in [-0.25, -0.2) is 0 Å². The molecule has 1 aliphatic rings. The topological polar surface area (TPSA) is 28.2 Å². The largest absolute Gasteiger partial charge is 0.314 e. The van der Waals surface area contributed by atoms with Crippen LogP contribution in [0.15, 0.2) is 11.7 Å². The van der Waals surface area contributed by atoms with Crippen molar-refractivity contribution in [3.8, 4) is 0 Å². The third-order valence-corrected chi connectivity index (χ3v) is 4.72. The van der Waals surface area contributed by atoms with Crippen LogP contribution in [0.2, 0.25) is 0 Å². The fourth-order valence-electron chi connectivity index (χ4n) is 2.63. The molecule has 2 heterocycles. The van der Waals surface area contributed by atoms with Crippen molar-refractivity contribution in [2.75, 3.05) is 19.6 Å². The summed E-state index contributed by atoms with van der Waals surface area (Å²) in [5.74, 6) is 0.802. The van der Waals surface area contributed by atoms with Gasteiger partial charge in [-0.05, 0) is 38.8 Å². The van der Waals surface area contributed by atoms with Crippen molar-refractivity contribution in [3.63, 3.8) is 0 Å². The van der Waals surface area contributed by atoms with Crippen molar-refractivity contribution in [1.82, 2.24) is 15.2 Å². The van der Waals surface area contributed by atoms with E-state index in [0.29, 0.717) is 12.1 Å². The maximum atomic E-state index is 4.20. The molecule has 1 fully saturated rings. The number of aromatic nitrogens is 1. The molecule has 18 heavy (non-hydrogen) atoms. The number of nitrogens with one attached hydrogen (secondary N) is 1. The highest BCUT2D eigenvalue weighted by atomic mass is 32.1. The number of hydrogen-bond acceptors (Lipinski definition) is 4. The summed E-state index contributed by atoms with van der Waals surface area (Å²) in [4.78, 5) is 8.21. The van der Waals surface area contributed by atoms with Gasteiger partial charge in [0.15, 0.2) is 0 Å². The SMILES string of the molecule is CC(C)NCC1CCCN(C(C)c2cncs2)C1. The highest BCUT2D eigenvalue weighted by molar-refractivity contribution is 7.09. The summed E-state index contributed by atoms with van der Waals surface area (Å²) in [6.45, 7) is 10.4. The Morgan fingerprint density at radius 3 is 3.00 bits per heavy atom. The maximum Gasteiger partial charge on any atom is 0.0794 e. The second kappa shape index (κ2) is 6.64. The van der Waals surface area contributed by atoms with Gasteiger partial charge in [-0.3, -0.25) is 9.88 Å². The Balaban J connectivity index is 1.86. The summed E-state index contributed by atoms with van der Waals surface area (Å²) < 4.78 is 0. The first kappa shape index (κ1) is 14.0. The number of rotatable bonds is 5. The lowest BCUT2D eigenvalue weighted by molar-refractivity contribution is 0.131. The van der Waals surface area contributed by atoms with Crippen LogP contribution in [-0.4, -0.2) is 35.6 Å². The molecule has 0 spiro atoms. The van der Waals surface area contributed by atoms with Crippen LogP contribution in [0.3, 0.4) is 0 Å². The number of piperidine rings is 1. The lowest BCUT2D eigenvalue weighted by Gasteiger charge is -2.36. The predicted molar refractivity (Wildman–Crippen MR) is 78.0 cm³/mol. The van der Waals surface area contributed by atoms with E-state index in [9.17, 15) is 0 Å². The molecule has 4 heteroatoms. The third-order valence-electron chi connectivity index (χ3n) is 3.78. The summed E-state index contributed by atoms with van der Waals surface area (Å²) >= 11 is 1.78. The highest BCUT2D eigenvalue weighted by Crippen LogP contribution is 2.28. The summed E-state index contributed by atoms with van der Waals surface area (Å²) in [5, 5.41) is 3.57. The monoisotopic (exact) mass is 267 g/mol. The molecule has 0 radical (unpaired) electrons. The van der Waals surface area contributed by atoms with Crippen LogP contribution < -0.4 is 5.32 Å². The second-order valence-electron chi connectivity index (χ2n) is 5.65. The molecule has 0 aliphatic carbocycles. The van der Waals surface area contributed by atoms with E-state index >= 15 is 0 Å². The number of likely N-dealkylation sites (tertiary alicyclic amines) is 1. The highest BCUT2D eigenvalue weighted by Gasteiger charge is 2.24. The molecule has 3 nitrogen and oxygen atoms in total. The zero-order valence-electron chi connectivity index (χ0n) is 11.7. The lowest BCUT2D eigenvalue weighted by Crippen LogP contribution is -2.41. The molecule has 1 aromatic heterocycles. The minimum Gasteiger partial charge on any atom is -0.314 e. The molecule has 0 saturated carbocycles. The Labute approximate surface area is 115 Å². The summed E-state index contributed by atoms with van der Waals surface area (Å²) in [5.41, 5.74) is 1.94. The van der Waals surface area contributed by atoms with Crippen molar-refractivity contribution in [2.24, 2.45) is 5.92 Å². The Morgan fingerprint density at radius 2 is 2.33 bits per heavy atom. The summed E-state index contributed by atoms with van der Waals surface area (Å²) in [6, 6.07) is 1.12. The lowest BCUT2D eigenvalue weighted by atomic mass is 9.96. The molecule has 2 unspecified atom stereocenters. The zero-order chi connectivity index (χ0) is 13.0. The molecule has 2 rings (SSSR count). The molecular formula is C14H25N3S. The van der Waals surface area contributed by atoms with E-state index in [1.54, 1.807) is 11.3 Å². The van der Waals surface area contributed by atoms with E-state index in [1.807, 2.05) is 11.7 Å². The van der Waals surface area contributed by atoms with Gasteiger partial charge in [0.1, 0.15) is 0 Å². The average Bonchev–Trinajstić information content (AvgIpc) is 2.89. The van der Waals surface area contributed by atoms with E-state index < -0.39 is 0 Å². The maximum absolute atomic E-state index is 4.20. The molecule has 0 bridgehead atoms. The van der Waals surface area contributed by atoms with Crippen molar-refractivity contribution in [1.29, 1.82) is 0 Å². The molecule has 1 saturated heterocycles. The van der Waals surface area contributed by atoms with Gasteiger partial charge in [0.2, 0.25) is 0 Å². The Kier molecular flexibility index (Phi) is 5.15. The van der Waals surface area contributed by atoms with E-state index in [0.717, 1.165) is 12.5 Å². The van der Waals surface area contributed by atoms with Crippen LogP contribution in [0.1, 0.15) is 44.5 Å². The molecule has 102 valence electrons. The zero-order valence-corrected chi connectivity index (χ0v) is 12.5. The first-order valence-electron chi connectivity index (χ1n) is 7.02. The third kappa shape index (κ3) is 3.77. The predicted octanol–water partition coefficient (Wildman–Crippen LogP) is 2.91. The standard InChI is InChI=1S/C14H25N3S/c1-11(2)16-7-13-5-4-6-17(9-13)12(3)14-8-15-10-18-14/h8,10-13,16H,4-7,9H2,1-3H3. The fraction of sp³-hybridized carbons (Fsp3) is 0.786. The van der Waals surface area contributed by atoms with Crippen LogP contribution in [0.5, 0.6) is 0 Å². The van der Waals surface area contributed by atoms with Gasteiger partial charge >= 0.3 is 0 Å². The first-order chi connectivity index (χ1) is 8.66. The van der Waals surface area contributed by atoms with Gasteiger partial charge in [-0.1, -0.05) is 13.8 Å². The van der Waals surface area contributed by atoms with E-state index in [4.69, 9.17) is 0 Å². The van der Waals surface area contributed by atoms with Gasteiger partial charge in [0, 0.05) is 29.7 Å². The van der Waals surface area contributed by atoms with Crippen molar-refractivity contribution >= 4 is 11.3 Å². The number of hydrogen-bond donors (Lipinski definition) is 1. The minimum atomic E-state index is 0.527. The Morgan fingerprint density at radius 1 is 1.50 bits per heavy atom. The van der Waals surface area contributed by atoms with Crippen molar-refractivity contribution in [2.45, 2.75) is 45.7 Å². The van der Waals surface area contributed by atoms with Crippen LogP contribution in [0.25, 0.3) is 0 Å². The smallest absolute Gasteiger partial charge is 0.0794 e. The van der Waals surface area contributed by atoms with E-state index in [-0.39, 0.29) is 0 Å². The van der Waals surface area contributed by atoms with Gasteiger partial charge in [0.05, 0.1) is 5.51 Å². The molecule has 1 aliphatic heterocycles. The van der Waals surface area contributed by atoms with Crippen molar-refractivity contribution < 1.29 is 0 Å². The number of thiazole rings is 1. The van der Waals surface area contributed by atoms with Crippen molar-refractivity contribution in [3.05, 3.63) is 16.6 Å². The quantitative estimate of drug-likeness (QED) is 0.889. The molecule has 0 aromatic carbocycles. The van der Waals surface area contributed by atoms with Gasteiger partial charge < -0.3 is 5.32 Å². The van der Waals surface area contributed by atoms with Crippen LogP contribution in [-0.2, 0) is 0 Å². The molecule has 1 aromatic rings. The van der Waals surface area contributed by atoms with Crippen LogP contribution in [0.4, 0.5) is 0 Å². The number of nitrogens with zero attached hydrogens (tertiary/aromatic N) is 2. The molecule has 0 amide bonds. The van der Waals surface area contributed by atoms with Crippen LogP contribution >= 0.6 is 11.3 Å². The minimum absolute atomic E-state index is 0.527. The molecule has 2 atom stereocenters. The summed E-state index contributed by atoms with van der Waals surface area (Å²) in [7, 11) is 0. The molecule has 1 N–H and O–H groups in total. The summed E-state index contributed by atoms with van der Waals surface area (Å²) in [6.07, 6.45) is 4.71. The van der Waals surface area contributed by atoms with Gasteiger partial charge in [-0.2, -0.15) is 0 Å². The Hall–Kier alpha value is -0.450.